The van der Waals surface area contributed by atoms with Crippen molar-refractivity contribution in [3.63, 3.8) is 0 Å². The topological polar surface area (TPSA) is 29.1 Å². The van der Waals surface area contributed by atoms with E-state index in [1.165, 1.54) is 38.5 Å². The van der Waals surface area contributed by atoms with Gasteiger partial charge in [-0.2, -0.15) is 0 Å². The van der Waals surface area contributed by atoms with E-state index in [0.717, 1.165) is 30.1 Å². The normalized spacial score (nSPS) is 47.0. The summed E-state index contributed by atoms with van der Waals surface area (Å²) in [6.45, 7) is 5.04. The Bertz CT molecular complexity index is 725. The van der Waals surface area contributed by atoms with E-state index in [4.69, 9.17) is 0 Å². The van der Waals surface area contributed by atoms with Gasteiger partial charge in [0.15, 0.2) is 0 Å². The number of fused-ring (bicyclic) bond motifs is 5. The molecule has 3 fully saturated rings. The number of hydrogen-bond acceptors (Lipinski definition) is 2. The Morgan fingerprint density at radius 1 is 1.15 bits per heavy atom. The van der Waals surface area contributed by atoms with E-state index in [0.29, 0.717) is 11.5 Å². The molecule has 1 aliphatic heterocycles. The maximum atomic E-state index is 11.9. The van der Waals surface area contributed by atoms with Crippen molar-refractivity contribution in [2.24, 2.45) is 34.5 Å². The van der Waals surface area contributed by atoms with Gasteiger partial charge in [0.1, 0.15) is 0 Å². The first-order chi connectivity index (χ1) is 12.5. The molecule has 0 unspecified atom stereocenters. The van der Waals surface area contributed by atoms with E-state index in [9.17, 15) is 4.79 Å². The maximum absolute atomic E-state index is 11.9. The highest BCUT2D eigenvalue weighted by Crippen LogP contribution is 2.65. The maximum Gasteiger partial charge on any atom is 0.243 e. The molecule has 0 radical (unpaired) electrons. The molecule has 2 heterocycles. The number of carbonyl (C=O) groups is 1. The third-order valence-corrected chi connectivity index (χ3v) is 9.81. The Morgan fingerprint density at radius 3 is 2.85 bits per heavy atom. The predicted molar refractivity (Wildman–Crippen MR) is 107 cm³/mol. The van der Waals surface area contributed by atoms with Crippen molar-refractivity contribution >= 4 is 17.2 Å². The Morgan fingerprint density at radius 2 is 2.04 bits per heavy atom. The smallest absolute Gasteiger partial charge is 0.243 e. The van der Waals surface area contributed by atoms with Crippen LogP contribution in [0.5, 0.6) is 0 Å². The van der Waals surface area contributed by atoms with E-state index in [-0.39, 0.29) is 11.3 Å². The van der Waals surface area contributed by atoms with Gasteiger partial charge in [-0.1, -0.05) is 26.0 Å². The minimum Gasteiger partial charge on any atom is -0.349 e. The Labute approximate surface area is 161 Å². The quantitative estimate of drug-likeness (QED) is 0.762. The van der Waals surface area contributed by atoms with Crippen LogP contribution in [0.4, 0.5) is 0 Å². The van der Waals surface area contributed by atoms with Crippen LogP contribution in [0.2, 0.25) is 0 Å². The molecule has 0 aromatic carbocycles. The van der Waals surface area contributed by atoms with Gasteiger partial charge in [0.2, 0.25) is 5.91 Å². The van der Waals surface area contributed by atoms with Crippen LogP contribution in [-0.2, 0) is 11.2 Å². The van der Waals surface area contributed by atoms with Crippen LogP contribution in [0.25, 0.3) is 0 Å². The van der Waals surface area contributed by atoms with Crippen molar-refractivity contribution in [3.05, 3.63) is 34.5 Å². The highest BCUT2D eigenvalue weighted by Gasteiger charge is 2.59. The Kier molecular flexibility index (Phi) is 3.90. The molecule has 140 valence electrons. The average molecular weight is 370 g/mol. The van der Waals surface area contributed by atoms with Gasteiger partial charge in [-0.05, 0) is 91.6 Å². The summed E-state index contributed by atoms with van der Waals surface area (Å²) in [5.74, 6) is 3.46. The second-order valence-electron chi connectivity index (χ2n) is 9.82. The van der Waals surface area contributed by atoms with Gasteiger partial charge in [0.05, 0.1) is 0 Å². The van der Waals surface area contributed by atoms with Gasteiger partial charge in [0, 0.05) is 16.3 Å². The molecule has 1 amide bonds. The second-order valence-corrected chi connectivity index (χ2v) is 10.8. The molecule has 1 N–H and O–H groups in total. The summed E-state index contributed by atoms with van der Waals surface area (Å²) in [6.07, 6.45) is 13.4. The molecule has 0 bridgehead atoms. The zero-order valence-corrected chi connectivity index (χ0v) is 16.9. The number of hydrogen-bond donors (Lipinski definition) is 1. The summed E-state index contributed by atoms with van der Waals surface area (Å²) in [5, 5.41) is 5.50. The van der Waals surface area contributed by atoms with Gasteiger partial charge in [0.25, 0.3) is 0 Å². The molecule has 4 aliphatic rings. The molecule has 3 heteroatoms. The molecule has 26 heavy (non-hydrogen) atoms. The van der Waals surface area contributed by atoms with Gasteiger partial charge >= 0.3 is 0 Å². The minimum absolute atomic E-state index is 0.114. The fourth-order valence-corrected chi connectivity index (χ4v) is 8.24. The van der Waals surface area contributed by atoms with Crippen LogP contribution in [0.3, 0.4) is 0 Å². The van der Waals surface area contributed by atoms with E-state index in [1.54, 1.807) is 11.0 Å². The molecule has 1 aromatic rings. The van der Waals surface area contributed by atoms with Gasteiger partial charge in [-0.3, -0.25) is 4.79 Å². The number of carbonyl (C=O) groups excluding carboxylic acids is 1. The third kappa shape index (κ3) is 2.38. The van der Waals surface area contributed by atoms with Crippen molar-refractivity contribution < 1.29 is 4.79 Å². The molecule has 2 nitrogen and oxygen atoms in total. The summed E-state index contributed by atoms with van der Waals surface area (Å²) in [6, 6.07) is 4.89. The number of amides is 1. The summed E-state index contributed by atoms with van der Waals surface area (Å²) < 4.78 is 0. The first kappa shape index (κ1) is 17.0. The predicted octanol–water partition coefficient (Wildman–Crippen LogP) is 5.20. The van der Waals surface area contributed by atoms with Crippen LogP contribution in [0, 0.1) is 34.5 Å². The van der Waals surface area contributed by atoms with Crippen LogP contribution in [-0.4, -0.2) is 11.9 Å². The molecule has 1 aromatic heterocycles. The summed E-state index contributed by atoms with van der Waals surface area (Å²) in [4.78, 5) is 13.4. The molecular weight excluding hydrogens is 338 g/mol. The zero-order valence-electron chi connectivity index (χ0n) is 16.0. The van der Waals surface area contributed by atoms with Crippen LogP contribution >= 0.6 is 11.3 Å². The van der Waals surface area contributed by atoms with E-state index < -0.39 is 0 Å². The van der Waals surface area contributed by atoms with Gasteiger partial charge < -0.3 is 5.32 Å². The van der Waals surface area contributed by atoms with E-state index in [2.05, 4.69) is 42.8 Å². The van der Waals surface area contributed by atoms with Gasteiger partial charge in [-0.25, -0.2) is 0 Å². The van der Waals surface area contributed by atoms with Crippen LogP contribution in [0.1, 0.15) is 57.2 Å². The highest BCUT2D eigenvalue weighted by molar-refractivity contribution is 7.09. The zero-order chi connectivity index (χ0) is 17.9. The lowest BCUT2D eigenvalue weighted by Gasteiger charge is -2.59. The van der Waals surface area contributed by atoms with Crippen molar-refractivity contribution in [3.8, 4) is 0 Å². The average Bonchev–Trinajstić information content (AvgIpc) is 3.24. The van der Waals surface area contributed by atoms with Crippen molar-refractivity contribution in [1.29, 1.82) is 0 Å². The molecule has 7 atom stereocenters. The van der Waals surface area contributed by atoms with Gasteiger partial charge in [-0.15, -0.1) is 11.3 Å². The third-order valence-electron chi connectivity index (χ3n) is 8.91. The Hall–Kier alpha value is -1.09. The first-order valence-corrected chi connectivity index (χ1v) is 11.4. The molecule has 3 saturated carbocycles. The van der Waals surface area contributed by atoms with E-state index >= 15 is 0 Å². The fourth-order valence-electron chi connectivity index (χ4n) is 7.45. The highest BCUT2D eigenvalue weighted by atomic mass is 32.1. The lowest BCUT2D eigenvalue weighted by Crippen LogP contribution is -2.59. The standard InChI is InChI=1S/C23H31NOS/c1-22-11-9-19-17(6-8-20-23(19,2)12-10-21(25)24-20)18(22)7-5-15(22)14-16-4-3-13-26-16/h3-4,10,12-13,15,17-20H,5-9,11,14H2,1-2H3,(H,24,25)/t15-,17+,18+,19+,20-,22-,23-/m1/s1. The molecular formula is C23H31NOS. The SMILES string of the molecule is C[C@]12C=CC(=O)N[C@@H]1CC[C@@H]1[C@@H]2CC[C@]2(C)[C@@H](Cc3cccs3)CC[C@@H]12. The number of nitrogens with one attached hydrogen (secondary N) is 1. The molecule has 3 aliphatic carbocycles. The first-order valence-electron chi connectivity index (χ1n) is 10.5. The van der Waals surface area contributed by atoms with Crippen LogP contribution < -0.4 is 5.32 Å². The fraction of sp³-hybridized carbons (Fsp3) is 0.696. The van der Waals surface area contributed by atoms with Crippen molar-refractivity contribution in [2.45, 2.75) is 64.8 Å². The summed E-state index contributed by atoms with van der Waals surface area (Å²) in [5.41, 5.74) is 0.694. The van der Waals surface area contributed by atoms with Crippen molar-refractivity contribution in [1.82, 2.24) is 5.32 Å². The Balaban J connectivity index is 1.41. The number of thiophene rings is 1. The number of rotatable bonds is 2. The van der Waals surface area contributed by atoms with Crippen molar-refractivity contribution in [2.75, 3.05) is 0 Å². The lowest BCUT2D eigenvalue weighted by molar-refractivity contribution is -0.122. The lowest BCUT2D eigenvalue weighted by atomic mass is 9.48. The monoisotopic (exact) mass is 369 g/mol. The van der Waals surface area contributed by atoms with Crippen LogP contribution in [0.15, 0.2) is 29.7 Å². The molecule has 0 spiro atoms. The molecule has 0 saturated heterocycles. The summed E-state index contributed by atoms with van der Waals surface area (Å²) >= 11 is 1.94. The minimum atomic E-state index is 0.114. The largest absolute Gasteiger partial charge is 0.349 e. The van der Waals surface area contributed by atoms with E-state index in [1.807, 2.05) is 11.3 Å². The molecule has 5 rings (SSSR count). The second kappa shape index (κ2) is 5.95. The summed E-state index contributed by atoms with van der Waals surface area (Å²) in [7, 11) is 0.